The van der Waals surface area contributed by atoms with Crippen LogP contribution in [0.1, 0.15) is 42.0 Å². The Kier molecular flexibility index (Phi) is 6.46. The van der Waals surface area contributed by atoms with E-state index >= 15 is 0 Å². The summed E-state index contributed by atoms with van der Waals surface area (Å²) in [5, 5.41) is 2.96. The van der Waals surface area contributed by atoms with Gasteiger partial charge in [-0.05, 0) is 67.5 Å². The average molecular weight is 362 g/mol. The van der Waals surface area contributed by atoms with Crippen molar-refractivity contribution in [2.75, 3.05) is 18.5 Å². The Labute approximate surface area is 162 Å². The van der Waals surface area contributed by atoms with Crippen molar-refractivity contribution < 1.29 is 9.53 Å². The number of nitrogens with one attached hydrogen (secondary N) is 1. The lowest BCUT2D eigenvalue weighted by atomic mass is 9.81. The minimum atomic E-state index is -0.117. The molecule has 27 heavy (non-hydrogen) atoms. The summed E-state index contributed by atoms with van der Waals surface area (Å²) in [4.78, 5) is 12.2. The lowest BCUT2D eigenvalue weighted by molar-refractivity contribution is -0.111. The summed E-state index contributed by atoms with van der Waals surface area (Å²) >= 11 is 0. The molecule has 0 saturated carbocycles. The molecule has 0 aliphatic carbocycles. The van der Waals surface area contributed by atoms with Gasteiger partial charge in [0.1, 0.15) is 0 Å². The quantitative estimate of drug-likeness (QED) is 0.731. The van der Waals surface area contributed by atoms with Crippen LogP contribution in [0.5, 0.6) is 0 Å². The fourth-order valence-corrected chi connectivity index (χ4v) is 3.66. The molecule has 2 aromatic carbocycles. The van der Waals surface area contributed by atoms with Crippen molar-refractivity contribution in [1.29, 1.82) is 0 Å². The Balaban J connectivity index is 1.63. The smallest absolute Gasteiger partial charge is 0.248 e. The third kappa shape index (κ3) is 5.30. The summed E-state index contributed by atoms with van der Waals surface area (Å²) in [5.41, 5.74) is 5.52. The van der Waals surface area contributed by atoms with Crippen LogP contribution in [-0.4, -0.2) is 19.1 Å². The molecule has 1 aliphatic heterocycles. The van der Waals surface area contributed by atoms with Crippen molar-refractivity contribution in [1.82, 2.24) is 0 Å². The molecule has 1 amide bonds. The lowest BCUT2D eigenvalue weighted by Crippen LogP contribution is -2.21. The Morgan fingerprint density at radius 2 is 1.89 bits per heavy atom. The number of carbonyl (C=O) groups is 1. The molecular weight excluding hydrogens is 334 g/mol. The predicted octanol–water partition coefficient (Wildman–Crippen LogP) is 5.32. The normalized spacial score (nSPS) is 15.4. The minimum absolute atomic E-state index is 0.117. The molecule has 0 unspecified atom stereocenters. The van der Waals surface area contributed by atoms with Gasteiger partial charge in [-0.2, -0.15) is 0 Å². The van der Waals surface area contributed by atoms with Gasteiger partial charge in [0.25, 0.3) is 0 Å². The molecule has 1 aliphatic rings. The summed E-state index contributed by atoms with van der Waals surface area (Å²) in [6, 6.07) is 14.2. The Bertz CT molecular complexity index is 819. The van der Waals surface area contributed by atoms with Crippen LogP contribution in [0, 0.1) is 25.7 Å². The van der Waals surface area contributed by atoms with Crippen LogP contribution in [0.15, 0.2) is 48.5 Å². The highest BCUT2D eigenvalue weighted by Gasteiger charge is 2.23. The largest absolute Gasteiger partial charge is 0.381 e. The maximum Gasteiger partial charge on any atom is 0.248 e. The SMILES string of the molecule is C[C](c1ccc(NC(=O)/C=C/c2cccc(C)c2)cc1C)C1CCOCC1. The van der Waals surface area contributed by atoms with Crippen molar-refractivity contribution >= 4 is 17.7 Å². The van der Waals surface area contributed by atoms with E-state index in [9.17, 15) is 4.79 Å². The molecule has 2 aromatic rings. The third-order valence-electron chi connectivity index (χ3n) is 5.22. The zero-order valence-corrected chi connectivity index (χ0v) is 16.4. The summed E-state index contributed by atoms with van der Waals surface area (Å²) in [5.74, 6) is 1.90. The van der Waals surface area contributed by atoms with E-state index in [4.69, 9.17) is 4.74 Å². The van der Waals surface area contributed by atoms with Crippen molar-refractivity contribution in [3.8, 4) is 0 Å². The number of benzene rings is 2. The van der Waals surface area contributed by atoms with Gasteiger partial charge in [0.15, 0.2) is 0 Å². The van der Waals surface area contributed by atoms with E-state index in [2.05, 4.69) is 37.4 Å². The number of carbonyl (C=O) groups excluding carboxylic acids is 1. The van der Waals surface area contributed by atoms with Crippen LogP contribution in [0.4, 0.5) is 5.69 Å². The van der Waals surface area contributed by atoms with Crippen LogP contribution >= 0.6 is 0 Å². The van der Waals surface area contributed by atoms with Gasteiger partial charge in [-0.25, -0.2) is 0 Å². The molecule has 3 heteroatoms. The highest BCUT2D eigenvalue weighted by atomic mass is 16.5. The van der Waals surface area contributed by atoms with Gasteiger partial charge in [0.2, 0.25) is 5.91 Å². The number of amides is 1. The molecule has 1 fully saturated rings. The third-order valence-corrected chi connectivity index (χ3v) is 5.22. The van der Waals surface area contributed by atoms with Crippen LogP contribution in [0.3, 0.4) is 0 Å². The molecule has 0 aromatic heterocycles. The molecule has 0 atom stereocenters. The highest BCUT2D eigenvalue weighted by molar-refractivity contribution is 6.02. The monoisotopic (exact) mass is 362 g/mol. The van der Waals surface area contributed by atoms with E-state index in [1.54, 1.807) is 6.08 Å². The lowest BCUT2D eigenvalue weighted by Gasteiger charge is -2.28. The Morgan fingerprint density at radius 1 is 1.11 bits per heavy atom. The molecular formula is C24H28NO2. The fraction of sp³-hybridized carbons (Fsp3) is 0.333. The number of ether oxygens (including phenoxy) is 1. The van der Waals surface area contributed by atoms with Crippen molar-refractivity contribution in [3.05, 3.63) is 76.7 Å². The minimum Gasteiger partial charge on any atom is -0.381 e. The molecule has 1 saturated heterocycles. The highest BCUT2D eigenvalue weighted by Crippen LogP contribution is 2.33. The first-order valence-corrected chi connectivity index (χ1v) is 9.61. The van der Waals surface area contributed by atoms with E-state index in [1.165, 1.54) is 22.6 Å². The van der Waals surface area contributed by atoms with Gasteiger partial charge in [0.05, 0.1) is 0 Å². The first-order chi connectivity index (χ1) is 13.0. The van der Waals surface area contributed by atoms with Gasteiger partial charge in [-0.1, -0.05) is 42.8 Å². The van der Waals surface area contributed by atoms with E-state index in [1.807, 2.05) is 37.3 Å². The molecule has 1 N–H and O–H groups in total. The van der Waals surface area contributed by atoms with Crippen molar-refractivity contribution in [2.45, 2.75) is 33.6 Å². The van der Waals surface area contributed by atoms with Crippen LogP contribution < -0.4 is 5.32 Å². The fourth-order valence-electron chi connectivity index (χ4n) is 3.66. The van der Waals surface area contributed by atoms with E-state index in [0.29, 0.717) is 5.92 Å². The van der Waals surface area contributed by atoms with Crippen LogP contribution in [0.2, 0.25) is 0 Å². The average Bonchev–Trinajstić information content (AvgIpc) is 2.67. The second-order valence-electron chi connectivity index (χ2n) is 7.34. The maximum atomic E-state index is 12.2. The molecule has 3 rings (SSSR count). The van der Waals surface area contributed by atoms with E-state index in [0.717, 1.165) is 37.3 Å². The second-order valence-corrected chi connectivity index (χ2v) is 7.34. The molecule has 3 nitrogen and oxygen atoms in total. The first-order valence-electron chi connectivity index (χ1n) is 9.61. The number of aryl methyl sites for hydroxylation is 2. The summed E-state index contributed by atoms with van der Waals surface area (Å²) < 4.78 is 5.47. The maximum absolute atomic E-state index is 12.2. The van der Waals surface area contributed by atoms with E-state index < -0.39 is 0 Å². The van der Waals surface area contributed by atoms with Gasteiger partial charge in [-0.15, -0.1) is 0 Å². The predicted molar refractivity (Wildman–Crippen MR) is 112 cm³/mol. The van der Waals surface area contributed by atoms with Gasteiger partial charge < -0.3 is 10.1 Å². The molecule has 0 spiro atoms. The topological polar surface area (TPSA) is 38.3 Å². The van der Waals surface area contributed by atoms with Gasteiger partial charge in [0, 0.05) is 30.9 Å². The summed E-state index contributed by atoms with van der Waals surface area (Å²) in [7, 11) is 0. The molecule has 141 valence electrons. The van der Waals surface area contributed by atoms with Gasteiger partial charge in [-0.3, -0.25) is 4.79 Å². The summed E-state index contributed by atoms with van der Waals surface area (Å²) in [6.45, 7) is 8.07. The van der Waals surface area contributed by atoms with Crippen LogP contribution in [-0.2, 0) is 9.53 Å². The second kappa shape index (κ2) is 9.01. The number of hydrogen-bond acceptors (Lipinski definition) is 2. The number of hydrogen-bond donors (Lipinski definition) is 1. The number of anilines is 1. The zero-order chi connectivity index (χ0) is 19.2. The van der Waals surface area contributed by atoms with E-state index in [-0.39, 0.29) is 5.91 Å². The molecule has 1 radical (unpaired) electrons. The summed E-state index contributed by atoms with van der Waals surface area (Å²) in [6.07, 6.45) is 5.60. The van der Waals surface area contributed by atoms with Crippen molar-refractivity contribution in [2.24, 2.45) is 5.92 Å². The van der Waals surface area contributed by atoms with Crippen molar-refractivity contribution in [3.63, 3.8) is 0 Å². The molecule has 1 heterocycles. The van der Waals surface area contributed by atoms with Crippen LogP contribution in [0.25, 0.3) is 6.08 Å². The van der Waals surface area contributed by atoms with Gasteiger partial charge >= 0.3 is 0 Å². The molecule has 0 bridgehead atoms. The Morgan fingerprint density at radius 3 is 2.59 bits per heavy atom. The standard InChI is InChI=1S/C24H28NO2/c1-17-5-4-6-20(15-17)7-10-24(26)25-22-8-9-23(18(2)16-22)19(3)21-11-13-27-14-12-21/h4-10,15-16,21H,11-14H2,1-3H3,(H,25,26)/b10-7+. The first kappa shape index (κ1) is 19.4. The number of rotatable bonds is 5. The Hall–Kier alpha value is -2.39. The zero-order valence-electron chi connectivity index (χ0n) is 16.4.